The number of nitrogens with zero attached hydrogens (tertiary/aromatic N) is 2. The minimum atomic E-state index is -0.253. The highest BCUT2D eigenvalue weighted by Crippen LogP contribution is 2.23. The van der Waals surface area contributed by atoms with Crippen LogP contribution >= 0.6 is 23.6 Å². The molecule has 0 aliphatic rings. The fourth-order valence-electron chi connectivity index (χ4n) is 2.14. The molecule has 2 aromatic heterocycles. The zero-order valence-corrected chi connectivity index (χ0v) is 11.9. The highest BCUT2D eigenvalue weighted by atomic mass is 32.1. The predicted octanol–water partition coefficient (Wildman–Crippen LogP) is 4.10. The minimum Gasteiger partial charge on any atom is -0.331 e. The summed E-state index contributed by atoms with van der Waals surface area (Å²) in [5.74, 6) is -0.00822. The van der Waals surface area contributed by atoms with E-state index in [4.69, 9.17) is 12.2 Å². The molecule has 0 aliphatic carbocycles. The van der Waals surface area contributed by atoms with Crippen LogP contribution in [0.25, 0.3) is 11.0 Å². The monoisotopic (exact) mass is 293 g/mol. The van der Waals surface area contributed by atoms with Crippen LogP contribution in [0.5, 0.6) is 0 Å². The number of aromatic amines is 1. The number of benzene rings is 1. The molecule has 1 unspecified atom stereocenters. The van der Waals surface area contributed by atoms with E-state index >= 15 is 0 Å². The van der Waals surface area contributed by atoms with Crippen molar-refractivity contribution in [2.24, 2.45) is 0 Å². The number of hydrogen-bond donors (Lipinski definition) is 1. The zero-order chi connectivity index (χ0) is 13.4. The first-order chi connectivity index (χ1) is 9.15. The van der Waals surface area contributed by atoms with Crippen molar-refractivity contribution in [1.82, 2.24) is 14.5 Å². The van der Waals surface area contributed by atoms with Gasteiger partial charge in [0, 0.05) is 24.0 Å². The summed E-state index contributed by atoms with van der Waals surface area (Å²) in [7, 11) is 0. The SMILES string of the molecule is CC(Cn1c(=S)[nH]c2ccc(F)cc21)c1nccs1. The third-order valence-corrected chi connectivity index (χ3v) is 4.40. The fourth-order valence-corrected chi connectivity index (χ4v) is 3.11. The molecule has 0 spiro atoms. The van der Waals surface area contributed by atoms with Crippen LogP contribution in [0.2, 0.25) is 0 Å². The van der Waals surface area contributed by atoms with Crippen LogP contribution in [0.3, 0.4) is 0 Å². The molecule has 0 aliphatic heterocycles. The van der Waals surface area contributed by atoms with Crippen LogP contribution in [0.1, 0.15) is 17.8 Å². The van der Waals surface area contributed by atoms with Gasteiger partial charge in [-0.1, -0.05) is 6.92 Å². The van der Waals surface area contributed by atoms with Crippen LogP contribution in [-0.4, -0.2) is 14.5 Å². The van der Waals surface area contributed by atoms with Gasteiger partial charge in [-0.3, -0.25) is 0 Å². The van der Waals surface area contributed by atoms with E-state index in [0.29, 0.717) is 11.3 Å². The summed E-state index contributed by atoms with van der Waals surface area (Å²) in [5, 5.41) is 3.02. The van der Waals surface area contributed by atoms with E-state index in [9.17, 15) is 4.39 Å². The van der Waals surface area contributed by atoms with Crippen LogP contribution < -0.4 is 0 Å². The van der Waals surface area contributed by atoms with E-state index < -0.39 is 0 Å². The van der Waals surface area contributed by atoms with Crippen LogP contribution in [0.4, 0.5) is 4.39 Å². The van der Waals surface area contributed by atoms with E-state index in [-0.39, 0.29) is 11.7 Å². The maximum absolute atomic E-state index is 13.4. The predicted molar refractivity (Wildman–Crippen MR) is 77.6 cm³/mol. The number of thiazole rings is 1. The standard InChI is InChI=1S/C13H12FN3S2/c1-8(12-15-4-5-19-12)7-17-11-6-9(14)2-3-10(11)16-13(17)18/h2-6,8H,7H2,1H3,(H,16,18). The Labute approximate surface area is 118 Å². The lowest BCUT2D eigenvalue weighted by molar-refractivity contribution is 0.597. The summed E-state index contributed by atoms with van der Waals surface area (Å²) < 4.78 is 15.9. The summed E-state index contributed by atoms with van der Waals surface area (Å²) in [4.78, 5) is 7.41. The van der Waals surface area contributed by atoms with Crippen LogP contribution in [0, 0.1) is 10.6 Å². The molecule has 1 N–H and O–H groups in total. The smallest absolute Gasteiger partial charge is 0.178 e. The van der Waals surface area contributed by atoms with E-state index in [1.54, 1.807) is 23.6 Å². The van der Waals surface area contributed by atoms with Gasteiger partial charge in [0.1, 0.15) is 5.82 Å². The maximum Gasteiger partial charge on any atom is 0.178 e. The van der Waals surface area contributed by atoms with E-state index in [1.807, 2.05) is 9.95 Å². The van der Waals surface area contributed by atoms with Crippen molar-refractivity contribution in [2.45, 2.75) is 19.4 Å². The first-order valence-corrected chi connectivity index (χ1v) is 7.21. The number of nitrogens with one attached hydrogen (secondary N) is 1. The summed E-state index contributed by atoms with van der Waals surface area (Å²) in [5.41, 5.74) is 1.66. The van der Waals surface area contributed by atoms with Gasteiger partial charge in [-0.25, -0.2) is 9.37 Å². The van der Waals surface area contributed by atoms with Gasteiger partial charge >= 0.3 is 0 Å². The number of hydrogen-bond acceptors (Lipinski definition) is 3. The van der Waals surface area contributed by atoms with Gasteiger partial charge in [-0.05, 0) is 30.4 Å². The van der Waals surface area contributed by atoms with Gasteiger partial charge in [0.05, 0.1) is 16.0 Å². The van der Waals surface area contributed by atoms with Crippen molar-refractivity contribution in [3.05, 3.63) is 45.4 Å². The molecule has 0 amide bonds. The minimum absolute atomic E-state index is 0.244. The second-order valence-electron chi connectivity index (χ2n) is 4.47. The molecule has 0 saturated heterocycles. The van der Waals surface area contributed by atoms with Gasteiger partial charge < -0.3 is 9.55 Å². The summed E-state index contributed by atoms with van der Waals surface area (Å²) in [6, 6.07) is 4.66. The Bertz CT molecular complexity index is 758. The molecule has 1 aromatic carbocycles. The van der Waals surface area contributed by atoms with Crippen LogP contribution in [-0.2, 0) is 6.54 Å². The quantitative estimate of drug-likeness (QED) is 0.738. The second-order valence-corrected chi connectivity index (χ2v) is 5.79. The topological polar surface area (TPSA) is 33.6 Å². The zero-order valence-electron chi connectivity index (χ0n) is 10.3. The van der Waals surface area contributed by atoms with Crippen molar-refractivity contribution >= 4 is 34.6 Å². The van der Waals surface area contributed by atoms with Gasteiger partial charge in [0.25, 0.3) is 0 Å². The van der Waals surface area contributed by atoms with Crippen molar-refractivity contribution in [3.63, 3.8) is 0 Å². The molecule has 2 heterocycles. The van der Waals surface area contributed by atoms with Gasteiger partial charge in [-0.2, -0.15) is 0 Å². The highest BCUT2D eigenvalue weighted by Gasteiger charge is 2.12. The Kier molecular flexibility index (Phi) is 3.20. The Morgan fingerprint density at radius 3 is 3.11 bits per heavy atom. The molecule has 19 heavy (non-hydrogen) atoms. The number of halogens is 1. The van der Waals surface area contributed by atoms with E-state index in [1.165, 1.54) is 12.1 Å². The molecular formula is C13H12FN3S2. The lowest BCUT2D eigenvalue weighted by Gasteiger charge is -2.10. The summed E-state index contributed by atoms with van der Waals surface area (Å²) in [6.07, 6.45) is 1.80. The molecule has 0 saturated carbocycles. The Morgan fingerprint density at radius 1 is 1.53 bits per heavy atom. The van der Waals surface area contributed by atoms with Crippen molar-refractivity contribution in [3.8, 4) is 0 Å². The van der Waals surface area contributed by atoms with E-state index in [2.05, 4.69) is 16.9 Å². The van der Waals surface area contributed by atoms with Gasteiger partial charge in [0.15, 0.2) is 4.77 Å². The Hall–Kier alpha value is -1.53. The molecule has 3 nitrogen and oxygen atoms in total. The fraction of sp³-hybridized carbons (Fsp3) is 0.231. The average molecular weight is 293 g/mol. The van der Waals surface area contributed by atoms with Crippen molar-refractivity contribution < 1.29 is 4.39 Å². The first kappa shape index (κ1) is 12.5. The third kappa shape index (κ3) is 2.33. The second kappa shape index (κ2) is 4.86. The highest BCUT2D eigenvalue weighted by molar-refractivity contribution is 7.71. The van der Waals surface area contributed by atoms with Gasteiger partial charge in [0.2, 0.25) is 0 Å². The molecule has 0 bridgehead atoms. The summed E-state index contributed by atoms with van der Waals surface area (Å²) in [6.45, 7) is 2.79. The van der Waals surface area contributed by atoms with E-state index in [0.717, 1.165) is 16.0 Å². The normalized spacial score (nSPS) is 12.9. The Morgan fingerprint density at radius 2 is 2.37 bits per heavy atom. The van der Waals surface area contributed by atoms with Crippen LogP contribution in [0.15, 0.2) is 29.8 Å². The first-order valence-electron chi connectivity index (χ1n) is 5.92. The Balaban J connectivity index is 2.03. The van der Waals surface area contributed by atoms with Gasteiger partial charge in [-0.15, -0.1) is 11.3 Å². The third-order valence-electron chi connectivity index (χ3n) is 3.07. The number of aromatic nitrogens is 3. The number of fused-ring (bicyclic) bond motifs is 1. The molecule has 0 radical (unpaired) electrons. The molecule has 3 aromatic rings. The maximum atomic E-state index is 13.4. The molecule has 0 fully saturated rings. The molecule has 1 atom stereocenters. The number of H-pyrrole nitrogens is 1. The number of imidazole rings is 1. The van der Waals surface area contributed by atoms with Crippen molar-refractivity contribution in [1.29, 1.82) is 0 Å². The molecule has 3 rings (SSSR count). The average Bonchev–Trinajstić information content (AvgIpc) is 2.99. The molecular weight excluding hydrogens is 281 g/mol. The summed E-state index contributed by atoms with van der Waals surface area (Å²) >= 11 is 6.94. The van der Waals surface area contributed by atoms with Crippen molar-refractivity contribution in [2.75, 3.05) is 0 Å². The largest absolute Gasteiger partial charge is 0.331 e. The molecule has 98 valence electrons. The molecule has 6 heteroatoms. The lowest BCUT2D eigenvalue weighted by atomic mass is 10.2. The lowest BCUT2D eigenvalue weighted by Crippen LogP contribution is -2.06. The number of rotatable bonds is 3.